The molecule has 5 aromatic rings. The molecule has 0 aliphatic rings. The highest BCUT2D eigenvalue weighted by atomic mass is 32.1. The van der Waals surface area contributed by atoms with Crippen LogP contribution in [0.2, 0.25) is 0 Å². The summed E-state index contributed by atoms with van der Waals surface area (Å²) in [4.78, 5) is 17.4. The van der Waals surface area contributed by atoms with Crippen molar-refractivity contribution in [2.75, 3.05) is 11.9 Å². The number of carbonyl (C=O) groups is 1. The Labute approximate surface area is 219 Å². The zero-order valence-corrected chi connectivity index (χ0v) is 21.2. The Kier molecular flexibility index (Phi) is 7.52. The van der Waals surface area contributed by atoms with Crippen LogP contribution < -0.4 is 15.5 Å². The average Bonchev–Trinajstić information content (AvgIpc) is 3.41. The molecule has 4 aromatic carbocycles. The normalized spacial score (nSPS) is 11.1. The number of nitrogens with zero attached hydrogens (tertiary/aromatic N) is 2. The van der Waals surface area contributed by atoms with Crippen molar-refractivity contribution in [1.29, 1.82) is 0 Å². The van der Waals surface area contributed by atoms with Crippen LogP contribution in [-0.2, 0) is 0 Å². The van der Waals surface area contributed by atoms with E-state index in [1.54, 1.807) is 18.3 Å². The van der Waals surface area contributed by atoms with Gasteiger partial charge in [-0.05, 0) is 47.5 Å². The molecule has 0 aliphatic heterocycles. The second kappa shape index (κ2) is 11.5. The highest BCUT2D eigenvalue weighted by molar-refractivity contribution is 7.14. The maximum Gasteiger partial charge on any atom is 0.271 e. The van der Waals surface area contributed by atoms with E-state index in [0.29, 0.717) is 12.2 Å². The lowest BCUT2D eigenvalue weighted by atomic mass is 10.0. The van der Waals surface area contributed by atoms with Crippen LogP contribution in [0.5, 0.6) is 5.75 Å². The molecular formula is C30H26N4O2S. The molecule has 0 spiro atoms. The number of para-hydroxylation sites is 1. The highest BCUT2D eigenvalue weighted by Crippen LogP contribution is 2.28. The number of hydrogen-bond donors (Lipinski definition) is 2. The first-order chi connectivity index (χ1) is 18.2. The first-order valence-electron chi connectivity index (χ1n) is 12.1. The predicted octanol–water partition coefficient (Wildman–Crippen LogP) is 7.26. The molecule has 37 heavy (non-hydrogen) atoms. The molecule has 0 unspecified atom stereocenters. The number of hydrogen-bond acceptors (Lipinski definition) is 6. The average molecular weight is 507 g/mol. The second-order valence-corrected chi connectivity index (χ2v) is 9.21. The number of amides is 1. The van der Waals surface area contributed by atoms with Crippen molar-refractivity contribution in [3.8, 4) is 17.0 Å². The van der Waals surface area contributed by atoms with Gasteiger partial charge in [-0.1, -0.05) is 67.6 Å². The van der Waals surface area contributed by atoms with Gasteiger partial charge >= 0.3 is 0 Å². The molecule has 0 saturated carbocycles. The van der Waals surface area contributed by atoms with Gasteiger partial charge in [0.1, 0.15) is 5.75 Å². The van der Waals surface area contributed by atoms with Crippen LogP contribution in [0.15, 0.2) is 101 Å². The third-order valence-electron chi connectivity index (χ3n) is 5.72. The standard InChI is InChI=1S/C30H26N4O2S/c1-2-18-36-28-17-16-21-8-6-7-11-25(21)26(28)19-31-34-29(35)23-14-12-22(13-15-23)27-20-37-30(33-27)32-24-9-4-3-5-10-24/h3-17,19-20H,2,18H2,1H3,(H,32,33)(H,34,35)/b31-19-. The lowest BCUT2D eigenvalue weighted by Crippen LogP contribution is -2.17. The molecule has 1 heterocycles. The van der Waals surface area contributed by atoms with E-state index in [-0.39, 0.29) is 5.91 Å². The number of rotatable bonds is 9. The summed E-state index contributed by atoms with van der Waals surface area (Å²) >= 11 is 1.53. The fourth-order valence-electron chi connectivity index (χ4n) is 3.87. The Bertz CT molecular complexity index is 1530. The molecule has 1 aromatic heterocycles. The Balaban J connectivity index is 1.27. The summed E-state index contributed by atoms with van der Waals surface area (Å²) in [5.41, 5.74) is 6.77. The number of nitrogens with one attached hydrogen (secondary N) is 2. The first-order valence-corrected chi connectivity index (χ1v) is 12.9. The molecule has 2 N–H and O–H groups in total. The van der Waals surface area contributed by atoms with Crippen molar-refractivity contribution in [1.82, 2.24) is 10.4 Å². The van der Waals surface area contributed by atoms with Gasteiger partial charge in [-0.3, -0.25) is 4.79 Å². The van der Waals surface area contributed by atoms with Gasteiger partial charge in [0, 0.05) is 27.8 Å². The summed E-state index contributed by atoms with van der Waals surface area (Å²) in [6.45, 7) is 2.68. The molecule has 0 fully saturated rings. The summed E-state index contributed by atoms with van der Waals surface area (Å²) in [5, 5.41) is 12.4. The fraction of sp³-hybridized carbons (Fsp3) is 0.100. The van der Waals surface area contributed by atoms with E-state index in [2.05, 4.69) is 27.8 Å². The number of fused-ring (bicyclic) bond motifs is 1. The zero-order chi connectivity index (χ0) is 25.5. The van der Waals surface area contributed by atoms with Crippen LogP contribution in [0.4, 0.5) is 10.8 Å². The largest absolute Gasteiger partial charge is 0.493 e. The van der Waals surface area contributed by atoms with E-state index in [9.17, 15) is 4.79 Å². The molecule has 0 radical (unpaired) electrons. The Morgan fingerprint density at radius 3 is 2.57 bits per heavy atom. The minimum absolute atomic E-state index is 0.288. The van der Waals surface area contributed by atoms with Crippen molar-refractivity contribution in [3.05, 3.63) is 108 Å². The van der Waals surface area contributed by atoms with Gasteiger partial charge in [-0.25, -0.2) is 10.4 Å². The monoisotopic (exact) mass is 506 g/mol. The summed E-state index contributed by atoms with van der Waals surface area (Å²) in [7, 11) is 0. The number of thiazole rings is 1. The molecule has 0 aliphatic carbocycles. The van der Waals surface area contributed by atoms with Gasteiger partial charge in [0.05, 0.1) is 18.5 Å². The van der Waals surface area contributed by atoms with E-state index in [4.69, 9.17) is 4.74 Å². The minimum Gasteiger partial charge on any atom is -0.493 e. The van der Waals surface area contributed by atoms with Gasteiger partial charge < -0.3 is 10.1 Å². The van der Waals surface area contributed by atoms with Crippen LogP contribution in [0.1, 0.15) is 29.3 Å². The molecular weight excluding hydrogens is 480 g/mol. The van der Waals surface area contributed by atoms with E-state index in [1.165, 1.54) is 11.3 Å². The predicted molar refractivity (Wildman–Crippen MR) is 152 cm³/mol. The Hall–Kier alpha value is -4.49. The number of benzene rings is 4. The molecule has 0 atom stereocenters. The summed E-state index contributed by atoms with van der Waals surface area (Å²) in [6, 6.07) is 29.3. The molecule has 184 valence electrons. The van der Waals surface area contributed by atoms with Crippen molar-refractivity contribution >= 4 is 45.0 Å². The van der Waals surface area contributed by atoms with E-state index < -0.39 is 0 Å². The number of hydrazone groups is 1. The molecule has 5 rings (SSSR count). The lowest BCUT2D eigenvalue weighted by molar-refractivity contribution is 0.0955. The van der Waals surface area contributed by atoms with Crippen molar-refractivity contribution in [2.24, 2.45) is 5.10 Å². The first kappa shape index (κ1) is 24.2. The Morgan fingerprint density at radius 2 is 1.76 bits per heavy atom. The quantitative estimate of drug-likeness (QED) is 0.163. The molecule has 7 heteroatoms. The number of anilines is 2. The van der Waals surface area contributed by atoms with Crippen LogP contribution in [0.25, 0.3) is 22.0 Å². The van der Waals surface area contributed by atoms with Crippen molar-refractivity contribution in [3.63, 3.8) is 0 Å². The summed E-state index contributed by atoms with van der Waals surface area (Å²) in [5.74, 6) is 0.455. The van der Waals surface area contributed by atoms with Gasteiger partial charge in [-0.2, -0.15) is 5.10 Å². The zero-order valence-electron chi connectivity index (χ0n) is 20.3. The van der Waals surface area contributed by atoms with Crippen LogP contribution in [-0.4, -0.2) is 23.7 Å². The van der Waals surface area contributed by atoms with Gasteiger partial charge in [0.25, 0.3) is 5.91 Å². The molecule has 0 saturated heterocycles. The summed E-state index contributed by atoms with van der Waals surface area (Å²) in [6.07, 6.45) is 2.55. The van der Waals surface area contributed by atoms with E-state index in [1.807, 2.05) is 84.2 Å². The lowest BCUT2D eigenvalue weighted by Gasteiger charge is -2.11. The van der Waals surface area contributed by atoms with Gasteiger partial charge in [0.2, 0.25) is 0 Å². The minimum atomic E-state index is -0.288. The van der Waals surface area contributed by atoms with E-state index >= 15 is 0 Å². The van der Waals surface area contributed by atoms with Gasteiger partial charge in [0.15, 0.2) is 5.13 Å². The molecule has 1 amide bonds. The topological polar surface area (TPSA) is 75.6 Å². The maximum absolute atomic E-state index is 12.7. The van der Waals surface area contributed by atoms with Crippen LogP contribution >= 0.6 is 11.3 Å². The SMILES string of the molecule is CCCOc1ccc2ccccc2c1/C=N\NC(=O)c1ccc(-c2csc(Nc3ccccc3)n2)cc1. The fourth-order valence-corrected chi connectivity index (χ4v) is 4.61. The van der Waals surface area contributed by atoms with Gasteiger partial charge in [-0.15, -0.1) is 11.3 Å². The maximum atomic E-state index is 12.7. The second-order valence-electron chi connectivity index (χ2n) is 8.35. The van der Waals surface area contributed by atoms with Crippen molar-refractivity contribution < 1.29 is 9.53 Å². The third-order valence-corrected chi connectivity index (χ3v) is 6.48. The number of carbonyl (C=O) groups excluding carboxylic acids is 1. The Morgan fingerprint density at radius 1 is 0.973 bits per heavy atom. The summed E-state index contributed by atoms with van der Waals surface area (Å²) < 4.78 is 5.91. The number of aromatic nitrogens is 1. The smallest absolute Gasteiger partial charge is 0.271 e. The van der Waals surface area contributed by atoms with E-state index in [0.717, 1.165) is 50.6 Å². The van der Waals surface area contributed by atoms with Crippen LogP contribution in [0.3, 0.4) is 0 Å². The molecule has 0 bridgehead atoms. The van der Waals surface area contributed by atoms with Crippen molar-refractivity contribution in [2.45, 2.75) is 13.3 Å². The highest BCUT2D eigenvalue weighted by Gasteiger charge is 2.10. The number of ether oxygens (including phenoxy) is 1. The van der Waals surface area contributed by atoms with Crippen LogP contribution in [0, 0.1) is 0 Å². The third kappa shape index (κ3) is 5.85. The molecule has 6 nitrogen and oxygen atoms in total.